The molecule has 0 aromatic heterocycles. The Balaban J connectivity index is 2.45. The molecule has 0 unspecified atom stereocenters. The van der Waals surface area contributed by atoms with Gasteiger partial charge in [0.05, 0.1) is 0 Å². The van der Waals surface area contributed by atoms with Gasteiger partial charge in [-0.25, -0.2) is 17.2 Å². The van der Waals surface area contributed by atoms with Gasteiger partial charge in [-0.2, -0.15) is 0 Å². The minimum Gasteiger partial charge on any atom is -0.404 e. The molecule has 0 bridgehead atoms. The first-order valence-corrected chi connectivity index (χ1v) is 7.40. The van der Waals surface area contributed by atoms with E-state index in [1.807, 2.05) is 0 Å². The van der Waals surface area contributed by atoms with Crippen molar-refractivity contribution in [1.29, 1.82) is 0 Å². The Morgan fingerprint density at radius 2 is 1.48 bits per heavy atom. The summed E-state index contributed by atoms with van der Waals surface area (Å²) in [5.74, 6) is -3.46. The second kappa shape index (κ2) is 6.03. The molecule has 1 N–H and O–H groups in total. The third-order valence-corrected chi connectivity index (χ3v) is 3.95. The molecule has 0 radical (unpaired) electrons. The van der Waals surface area contributed by atoms with Gasteiger partial charge in [0.15, 0.2) is 0 Å². The molecule has 2 aromatic carbocycles. The molecule has 0 heterocycles. The predicted octanol–water partition coefficient (Wildman–Crippen LogP) is 3.66. The van der Waals surface area contributed by atoms with Crippen molar-refractivity contribution >= 4 is 15.7 Å². The van der Waals surface area contributed by atoms with Crippen molar-refractivity contribution in [3.63, 3.8) is 0 Å². The summed E-state index contributed by atoms with van der Waals surface area (Å²) in [6.45, 7) is 0. The fraction of sp³-hybridized carbons (Fsp3) is 0.0769. The summed E-state index contributed by atoms with van der Waals surface area (Å²) >= 11 is 0. The molecule has 0 spiro atoms. The molecule has 0 amide bonds. The lowest BCUT2D eigenvalue weighted by molar-refractivity contribution is -0.275. The van der Waals surface area contributed by atoms with Crippen molar-refractivity contribution in [3.05, 3.63) is 54.1 Å². The molecule has 0 saturated heterocycles. The van der Waals surface area contributed by atoms with E-state index >= 15 is 0 Å². The molecule has 2 rings (SSSR count). The van der Waals surface area contributed by atoms with Crippen LogP contribution in [0.15, 0.2) is 47.4 Å². The fourth-order valence-electron chi connectivity index (χ4n) is 1.67. The van der Waals surface area contributed by atoms with E-state index in [0.717, 1.165) is 42.5 Å². The Morgan fingerprint density at radius 3 is 2.04 bits per heavy atom. The highest BCUT2D eigenvalue weighted by molar-refractivity contribution is 7.92. The van der Waals surface area contributed by atoms with Crippen LogP contribution in [-0.2, 0) is 10.0 Å². The summed E-state index contributed by atoms with van der Waals surface area (Å²) in [5, 5.41) is 0. The maximum absolute atomic E-state index is 13.5. The van der Waals surface area contributed by atoms with E-state index in [4.69, 9.17) is 0 Å². The molecular weight excluding hydrogens is 345 g/mol. The van der Waals surface area contributed by atoms with Gasteiger partial charge < -0.3 is 4.74 Å². The van der Waals surface area contributed by atoms with Gasteiger partial charge in [-0.3, -0.25) is 4.72 Å². The number of anilines is 1. The lowest BCUT2D eigenvalue weighted by Gasteiger charge is -2.14. The molecule has 0 aliphatic carbocycles. The number of rotatable bonds is 4. The maximum Gasteiger partial charge on any atom is 0.573 e. The molecular formula is C13H8F5NO3S. The third-order valence-electron chi connectivity index (χ3n) is 2.56. The van der Waals surface area contributed by atoms with Crippen LogP contribution in [0, 0.1) is 11.6 Å². The second-order valence-electron chi connectivity index (χ2n) is 4.20. The highest BCUT2D eigenvalue weighted by Gasteiger charge is 2.34. The van der Waals surface area contributed by atoms with Crippen LogP contribution in [0.2, 0.25) is 0 Å². The molecule has 0 aliphatic heterocycles. The van der Waals surface area contributed by atoms with Crippen molar-refractivity contribution in [2.24, 2.45) is 0 Å². The summed E-state index contributed by atoms with van der Waals surface area (Å²) < 4.78 is 93.3. The van der Waals surface area contributed by atoms with Gasteiger partial charge in [-0.15, -0.1) is 13.2 Å². The van der Waals surface area contributed by atoms with E-state index in [1.165, 1.54) is 0 Å². The number of ether oxygens (including phenoxy) is 1. The number of hydrogen-bond donors (Lipinski definition) is 1. The normalized spacial score (nSPS) is 12.0. The smallest absolute Gasteiger partial charge is 0.404 e. The molecule has 10 heteroatoms. The Kier molecular flexibility index (Phi) is 4.46. The SMILES string of the molecule is O=S(=O)(Nc1c(F)cccc1F)c1ccccc1OC(F)(F)F. The van der Waals surface area contributed by atoms with Gasteiger partial charge >= 0.3 is 6.36 Å². The highest BCUT2D eigenvalue weighted by Crippen LogP contribution is 2.31. The Bertz CT molecular complexity index is 800. The summed E-state index contributed by atoms with van der Waals surface area (Å²) in [6, 6.07) is 6.41. The standard InChI is InChI=1S/C13H8F5NO3S/c14-8-4-3-5-9(15)12(8)19-23(20,21)11-7-2-1-6-10(11)22-13(16,17)18/h1-7,19H. The third kappa shape index (κ3) is 4.09. The number of nitrogens with one attached hydrogen (secondary N) is 1. The van der Waals surface area contributed by atoms with Crippen LogP contribution in [0.5, 0.6) is 5.75 Å². The molecule has 124 valence electrons. The molecule has 0 atom stereocenters. The zero-order valence-electron chi connectivity index (χ0n) is 11.1. The molecule has 2 aromatic rings. The first-order valence-electron chi connectivity index (χ1n) is 5.92. The Morgan fingerprint density at radius 1 is 0.913 bits per heavy atom. The molecule has 0 saturated carbocycles. The number of alkyl halides is 3. The van der Waals surface area contributed by atoms with Gasteiger partial charge in [-0.05, 0) is 24.3 Å². The Hall–Kier alpha value is -2.36. The van der Waals surface area contributed by atoms with E-state index in [9.17, 15) is 30.4 Å². The number of benzene rings is 2. The van der Waals surface area contributed by atoms with Crippen molar-refractivity contribution in [1.82, 2.24) is 0 Å². The van der Waals surface area contributed by atoms with Crippen LogP contribution in [-0.4, -0.2) is 14.8 Å². The first kappa shape index (κ1) is 17.0. The second-order valence-corrected chi connectivity index (χ2v) is 5.85. The van der Waals surface area contributed by atoms with Crippen molar-refractivity contribution in [3.8, 4) is 5.75 Å². The number of sulfonamides is 1. The molecule has 4 nitrogen and oxygen atoms in total. The number of hydrogen-bond acceptors (Lipinski definition) is 3. The van der Waals surface area contributed by atoms with Crippen molar-refractivity contribution < 1.29 is 35.1 Å². The van der Waals surface area contributed by atoms with Gasteiger partial charge in [0, 0.05) is 0 Å². The van der Waals surface area contributed by atoms with Crippen LogP contribution < -0.4 is 9.46 Å². The van der Waals surface area contributed by atoms with Crippen LogP contribution in [0.1, 0.15) is 0 Å². The molecule has 0 aliphatic rings. The van der Waals surface area contributed by atoms with E-state index < -0.39 is 44.4 Å². The van der Waals surface area contributed by atoms with Gasteiger partial charge in [0.25, 0.3) is 10.0 Å². The van der Waals surface area contributed by atoms with E-state index in [0.29, 0.717) is 0 Å². The monoisotopic (exact) mass is 353 g/mol. The summed E-state index contributed by atoms with van der Waals surface area (Å²) in [5.41, 5.74) is -1.01. The minimum absolute atomic E-state index is 0.764. The van der Waals surface area contributed by atoms with Crippen LogP contribution in [0.3, 0.4) is 0 Å². The highest BCUT2D eigenvalue weighted by atomic mass is 32.2. The van der Waals surface area contributed by atoms with Gasteiger partial charge in [0.2, 0.25) is 0 Å². The largest absolute Gasteiger partial charge is 0.573 e. The maximum atomic E-state index is 13.5. The van der Waals surface area contributed by atoms with E-state index in [1.54, 1.807) is 4.72 Å². The quantitative estimate of drug-likeness (QED) is 0.854. The van der Waals surface area contributed by atoms with E-state index in [2.05, 4.69) is 4.74 Å². The number of para-hydroxylation sites is 2. The van der Waals surface area contributed by atoms with Crippen LogP contribution >= 0.6 is 0 Å². The average molecular weight is 353 g/mol. The van der Waals surface area contributed by atoms with Crippen molar-refractivity contribution in [2.75, 3.05) is 4.72 Å². The van der Waals surface area contributed by atoms with Crippen LogP contribution in [0.4, 0.5) is 27.6 Å². The lowest BCUT2D eigenvalue weighted by Crippen LogP contribution is -2.21. The number of halogens is 5. The summed E-state index contributed by atoms with van der Waals surface area (Å²) in [7, 11) is -4.72. The average Bonchev–Trinajstić information content (AvgIpc) is 2.42. The zero-order chi connectivity index (χ0) is 17.3. The minimum atomic E-state index is -5.13. The van der Waals surface area contributed by atoms with Gasteiger partial charge in [-0.1, -0.05) is 18.2 Å². The first-order chi connectivity index (χ1) is 10.6. The lowest BCUT2D eigenvalue weighted by atomic mass is 10.3. The summed E-state index contributed by atoms with van der Waals surface area (Å²) in [6.07, 6.45) is -5.13. The zero-order valence-corrected chi connectivity index (χ0v) is 11.9. The van der Waals surface area contributed by atoms with Crippen LogP contribution in [0.25, 0.3) is 0 Å². The van der Waals surface area contributed by atoms with Crippen molar-refractivity contribution in [2.45, 2.75) is 11.3 Å². The molecule has 23 heavy (non-hydrogen) atoms. The topological polar surface area (TPSA) is 55.4 Å². The summed E-state index contributed by atoms with van der Waals surface area (Å²) in [4.78, 5) is -0.917. The van der Waals surface area contributed by atoms with E-state index in [-0.39, 0.29) is 0 Å². The predicted molar refractivity (Wildman–Crippen MR) is 70.3 cm³/mol. The Labute approximate surface area is 127 Å². The molecule has 0 fully saturated rings. The van der Waals surface area contributed by atoms with Gasteiger partial charge in [0.1, 0.15) is 28.0 Å². The fourth-order valence-corrected chi connectivity index (χ4v) is 2.87.